The number of urea groups is 1. The van der Waals surface area contributed by atoms with Crippen molar-refractivity contribution < 1.29 is 9.59 Å². The fourth-order valence-corrected chi connectivity index (χ4v) is 5.29. The molecule has 1 spiro atoms. The Bertz CT molecular complexity index is 806. The van der Waals surface area contributed by atoms with Gasteiger partial charge in [0.1, 0.15) is 11.4 Å². The van der Waals surface area contributed by atoms with E-state index in [-0.39, 0.29) is 17.9 Å². The Labute approximate surface area is 173 Å². The van der Waals surface area contributed by atoms with Crippen molar-refractivity contribution in [3.63, 3.8) is 0 Å². The first kappa shape index (κ1) is 19.9. The molecular formula is C23H32N4O2. The van der Waals surface area contributed by atoms with Crippen molar-refractivity contribution in [3.8, 4) is 0 Å². The maximum Gasteiger partial charge on any atom is 0.317 e. The summed E-state index contributed by atoms with van der Waals surface area (Å²) in [6.07, 6.45) is 2.61. The molecule has 29 heavy (non-hydrogen) atoms. The molecule has 2 heterocycles. The Hall–Kier alpha value is -2.37. The zero-order chi connectivity index (χ0) is 20.6. The second-order valence-electron chi connectivity index (χ2n) is 9.17. The molecule has 1 aromatic carbocycles. The second kappa shape index (κ2) is 7.81. The number of hydrogen-bond acceptors (Lipinski definition) is 3. The zero-order valence-corrected chi connectivity index (χ0v) is 17.7. The van der Waals surface area contributed by atoms with Gasteiger partial charge in [-0.15, -0.1) is 0 Å². The summed E-state index contributed by atoms with van der Waals surface area (Å²) in [6, 6.07) is 10.2. The van der Waals surface area contributed by atoms with Crippen molar-refractivity contribution in [2.45, 2.75) is 45.6 Å². The van der Waals surface area contributed by atoms with E-state index in [0.29, 0.717) is 24.9 Å². The van der Waals surface area contributed by atoms with Gasteiger partial charge in [-0.05, 0) is 43.6 Å². The van der Waals surface area contributed by atoms with Crippen molar-refractivity contribution in [2.75, 3.05) is 26.2 Å². The molecule has 0 aromatic heterocycles. The smallest absolute Gasteiger partial charge is 0.317 e. The molecule has 1 aromatic rings. The summed E-state index contributed by atoms with van der Waals surface area (Å²) < 4.78 is 0. The lowest BCUT2D eigenvalue weighted by Crippen LogP contribution is -2.48. The number of benzene rings is 1. The van der Waals surface area contributed by atoms with Crippen LogP contribution < -0.4 is 5.32 Å². The molecule has 1 aliphatic carbocycles. The van der Waals surface area contributed by atoms with Crippen molar-refractivity contribution in [2.24, 2.45) is 22.7 Å². The molecule has 0 bridgehead atoms. The molecule has 3 aliphatic rings. The van der Waals surface area contributed by atoms with Crippen LogP contribution in [0.4, 0.5) is 4.79 Å². The van der Waals surface area contributed by atoms with Crippen LogP contribution in [0.3, 0.4) is 0 Å². The lowest BCUT2D eigenvalue weighted by Gasteiger charge is -2.28. The van der Waals surface area contributed by atoms with Crippen LogP contribution in [0.2, 0.25) is 0 Å². The largest absolute Gasteiger partial charge is 0.338 e. The molecule has 4 rings (SSSR count). The number of amides is 3. The van der Waals surface area contributed by atoms with E-state index in [1.807, 2.05) is 34.9 Å². The highest BCUT2D eigenvalue weighted by Gasteiger charge is 2.61. The van der Waals surface area contributed by atoms with E-state index in [0.717, 1.165) is 38.2 Å². The summed E-state index contributed by atoms with van der Waals surface area (Å²) in [7, 11) is 0. The highest BCUT2D eigenvalue weighted by Crippen LogP contribution is 2.50. The van der Waals surface area contributed by atoms with Gasteiger partial charge in [0.05, 0.1) is 0 Å². The van der Waals surface area contributed by atoms with Gasteiger partial charge in [0.15, 0.2) is 0 Å². The minimum atomic E-state index is -0.636. The first-order valence-electron chi connectivity index (χ1n) is 10.9. The van der Waals surface area contributed by atoms with Crippen molar-refractivity contribution >= 4 is 17.8 Å². The van der Waals surface area contributed by atoms with Gasteiger partial charge in [-0.3, -0.25) is 14.7 Å². The van der Waals surface area contributed by atoms with Gasteiger partial charge in [-0.1, -0.05) is 44.2 Å². The van der Waals surface area contributed by atoms with E-state index in [1.54, 1.807) is 0 Å². The molecule has 6 heteroatoms. The van der Waals surface area contributed by atoms with E-state index in [2.05, 4.69) is 31.3 Å². The Morgan fingerprint density at radius 3 is 2.76 bits per heavy atom. The SMILES string of the molecule is CC1=N[C@@]2(CC[C@@H]3CN(C(=O)NCCc4ccccc4)C[C@@H]32)C(=O)N1CC(C)C. The highest BCUT2D eigenvalue weighted by atomic mass is 16.2. The van der Waals surface area contributed by atoms with E-state index in [1.165, 1.54) is 5.56 Å². The maximum absolute atomic E-state index is 13.3. The van der Waals surface area contributed by atoms with Gasteiger partial charge in [-0.2, -0.15) is 0 Å². The normalized spacial score (nSPS) is 28.4. The first-order valence-corrected chi connectivity index (χ1v) is 10.9. The van der Waals surface area contributed by atoms with Crippen LogP contribution in [0.5, 0.6) is 0 Å². The topological polar surface area (TPSA) is 65.0 Å². The highest BCUT2D eigenvalue weighted by molar-refractivity contribution is 6.07. The van der Waals surface area contributed by atoms with E-state index in [4.69, 9.17) is 4.99 Å². The van der Waals surface area contributed by atoms with Gasteiger partial charge in [0.25, 0.3) is 5.91 Å². The predicted octanol–water partition coefficient (Wildman–Crippen LogP) is 2.94. The Kier molecular flexibility index (Phi) is 5.36. The predicted molar refractivity (Wildman–Crippen MR) is 114 cm³/mol. The van der Waals surface area contributed by atoms with Crippen LogP contribution in [0.1, 0.15) is 39.2 Å². The number of aliphatic imine (C=N–C) groups is 1. The third-order valence-electron chi connectivity index (χ3n) is 6.69. The zero-order valence-electron chi connectivity index (χ0n) is 17.7. The number of likely N-dealkylation sites (tertiary alicyclic amines) is 1. The molecule has 0 unspecified atom stereocenters. The minimum absolute atomic E-state index is 0.0179. The van der Waals surface area contributed by atoms with Gasteiger partial charge < -0.3 is 10.2 Å². The Balaban J connectivity index is 1.37. The number of carbonyl (C=O) groups is 2. The maximum atomic E-state index is 13.3. The number of nitrogens with zero attached hydrogens (tertiary/aromatic N) is 3. The molecule has 3 atom stereocenters. The van der Waals surface area contributed by atoms with Crippen LogP contribution in [0.15, 0.2) is 35.3 Å². The fraction of sp³-hybridized carbons (Fsp3) is 0.609. The average molecular weight is 397 g/mol. The third-order valence-corrected chi connectivity index (χ3v) is 6.69. The molecule has 1 saturated heterocycles. The standard InChI is InChI=1S/C23H32N4O2/c1-16(2)13-27-17(3)25-23(21(27)28)11-9-19-14-26(15-20(19)23)22(29)24-12-10-18-7-5-4-6-8-18/h4-8,16,19-20H,9-15H2,1-3H3,(H,24,29)/t19-,20+,23-/m1/s1. The number of fused-ring (bicyclic) bond motifs is 2. The number of carbonyl (C=O) groups excluding carboxylic acids is 2. The molecule has 2 aliphatic heterocycles. The molecule has 3 amide bonds. The lowest BCUT2D eigenvalue weighted by molar-refractivity contribution is -0.132. The van der Waals surface area contributed by atoms with Crippen molar-refractivity contribution in [1.29, 1.82) is 0 Å². The number of hydrogen-bond donors (Lipinski definition) is 1. The molecule has 156 valence electrons. The van der Waals surface area contributed by atoms with Crippen LogP contribution >= 0.6 is 0 Å². The molecule has 6 nitrogen and oxygen atoms in total. The van der Waals surface area contributed by atoms with Gasteiger partial charge in [0.2, 0.25) is 0 Å². The molecule has 1 saturated carbocycles. The molecular weight excluding hydrogens is 364 g/mol. The van der Waals surface area contributed by atoms with Crippen molar-refractivity contribution in [1.82, 2.24) is 15.1 Å². The molecule has 0 radical (unpaired) electrons. The quantitative estimate of drug-likeness (QED) is 0.832. The number of rotatable bonds is 5. The van der Waals surface area contributed by atoms with Crippen LogP contribution in [0.25, 0.3) is 0 Å². The number of nitrogens with one attached hydrogen (secondary N) is 1. The third kappa shape index (κ3) is 3.65. The average Bonchev–Trinajstić information content (AvgIpc) is 3.33. The Morgan fingerprint density at radius 1 is 1.28 bits per heavy atom. The summed E-state index contributed by atoms with van der Waals surface area (Å²) >= 11 is 0. The summed E-state index contributed by atoms with van der Waals surface area (Å²) in [5, 5.41) is 3.05. The molecule has 2 fully saturated rings. The van der Waals surface area contributed by atoms with Crippen LogP contribution in [-0.4, -0.2) is 59.3 Å². The van der Waals surface area contributed by atoms with Gasteiger partial charge in [0, 0.05) is 32.1 Å². The molecule has 1 N–H and O–H groups in total. The van der Waals surface area contributed by atoms with E-state index in [9.17, 15) is 9.59 Å². The lowest BCUT2D eigenvalue weighted by atomic mass is 9.85. The number of amidine groups is 1. The van der Waals surface area contributed by atoms with Gasteiger partial charge >= 0.3 is 6.03 Å². The van der Waals surface area contributed by atoms with Crippen LogP contribution in [0, 0.1) is 17.8 Å². The Morgan fingerprint density at radius 2 is 2.03 bits per heavy atom. The van der Waals surface area contributed by atoms with E-state index >= 15 is 0 Å². The minimum Gasteiger partial charge on any atom is -0.338 e. The summed E-state index contributed by atoms with van der Waals surface area (Å²) in [5.41, 5.74) is 0.583. The first-order chi connectivity index (χ1) is 13.9. The summed E-state index contributed by atoms with van der Waals surface area (Å²) in [5.74, 6) is 1.92. The van der Waals surface area contributed by atoms with Crippen LogP contribution in [-0.2, 0) is 11.2 Å². The van der Waals surface area contributed by atoms with Gasteiger partial charge in [-0.25, -0.2) is 4.79 Å². The fourth-order valence-electron chi connectivity index (χ4n) is 5.29. The summed E-state index contributed by atoms with van der Waals surface area (Å²) in [6.45, 7) is 8.90. The monoisotopic (exact) mass is 396 g/mol. The summed E-state index contributed by atoms with van der Waals surface area (Å²) in [4.78, 5) is 34.7. The van der Waals surface area contributed by atoms with E-state index < -0.39 is 5.54 Å². The second-order valence-corrected chi connectivity index (χ2v) is 9.17. The van der Waals surface area contributed by atoms with Crippen molar-refractivity contribution in [3.05, 3.63) is 35.9 Å².